The van der Waals surface area contributed by atoms with Crippen LogP contribution in [0.1, 0.15) is 5.82 Å². The zero-order valence-corrected chi connectivity index (χ0v) is 17.1. The van der Waals surface area contributed by atoms with Gasteiger partial charge in [0.1, 0.15) is 5.82 Å². The second kappa shape index (κ2) is 7.57. The number of hydrogen-bond acceptors (Lipinski definition) is 4. The molecule has 5 nitrogen and oxygen atoms in total. The molecule has 0 atom stereocenters. The Labute approximate surface area is 176 Å². The molecule has 2 aromatic heterocycles. The molecule has 0 amide bonds. The molecule has 2 heterocycles. The molecule has 0 aliphatic rings. The second-order valence-electron chi connectivity index (χ2n) is 6.83. The molecule has 0 aliphatic heterocycles. The Kier molecular flexibility index (Phi) is 4.61. The van der Waals surface area contributed by atoms with E-state index in [1.54, 1.807) is 13.0 Å². The lowest BCUT2D eigenvalue weighted by molar-refractivity contribution is 0.727. The Hall–Kier alpha value is -3.77. The minimum atomic E-state index is -0.174. The predicted octanol–water partition coefficient (Wildman–Crippen LogP) is 4.59. The molecule has 0 aliphatic carbocycles. The van der Waals surface area contributed by atoms with Gasteiger partial charge in [0.15, 0.2) is 0 Å². The summed E-state index contributed by atoms with van der Waals surface area (Å²) in [5, 5.41) is 7.36. The van der Waals surface area contributed by atoms with Gasteiger partial charge in [-0.3, -0.25) is 9.36 Å². The van der Waals surface area contributed by atoms with Crippen LogP contribution in [-0.2, 0) is 0 Å². The summed E-state index contributed by atoms with van der Waals surface area (Å²) in [5.41, 5.74) is 3.59. The summed E-state index contributed by atoms with van der Waals surface area (Å²) >= 11 is 1.49. The highest BCUT2D eigenvalue weighted by atomic mass is 32.1. The summed E-state index contributed by atoms with van der Waals surface area (Å²) < 4.78 is 3.46. The van der Waals surface area contributed by atoms with Gasteiger partial charge in [0.25, 0.3) is 5.56 Å². The van der Waals surface area contributed by atoms with Crippen molar-refractivity contribution in [1.82, 2.24) is 14.2 Å². The van der Waals surface area contributed by atoms with Crippen LogP contribution in [0.15, 0.2) is 100 Å². The van der Waals surface area contributed by atoms with E-state index in [9.17, 15) is 4.79 Å². The first kappa shape index (κ1) is 18.3. The molecule has 5 rings (SSSR count). The lowest BCUT2D eigenvalue weighted by atomic mass is 10.1. The number of rotatable bonds is 3. The van der Waals surface area contributed by atoms with Crippen LogP contribution in [0.4, 0.5) is 0 Å². The average molecular weight is 411 g/mol. The fourth-order valence-corrected chi connectivity index (χ4v) is 4.35. The maximum Gasteiger partial charge on any atom is 0.282 e. The highest BCUT2D eigenvalue weighted by Crippen LogP contribution is 2.23. The van der Waals surface area contributed by atoms with E-state index in [-0.39, 0.29) is 5.56 Å². The van der Waals surface area contributed by atoms with Crippen LogP contribution in [0.3, 0.4) is 0 Å². The average Bonchev–Trinajstić information content (AvgIpc) is 3.21. The summed E-state index contributed by atoms with van der Waals surface area (Å²) in [4.78, 5) is 18.4. The molecule has 0 N–H and O–H groups in total. The van der Waals surface area contributed by atoms with Gasteiger partial charge in [-0.15, -0.1) is 16.4 Å². The maximum atomic E-state index is 13.1. The number of nitrogens with zero attached hydrogens (tertiary/aromatic N) is 4. The van der Waals surface area contributed by atoms with Crippen molar-refractivity contribution in [1.29, 1.82) is 0 Å². The van der Waals surface area contributed by atoms with Gasteiger partial charge in [0.2, 0.25) is 4.80 Å². The molecular formula is C24H18N4OS. The normalized spacial score (nSPS) is 11.8. The largest absolute Gasteiger partial charge is 0.284 e. The monoisotopic (exact) mass is 410 g/mol. The second-order valence-corrected chi connectivity index (χ2v) is 7.67. The Morgan fingerprint density at radius 1 is 0.867 bits per heavy atom. The van der Waals surface area contributed by atoms with E-state index in [0.29, 0.717) is 21.5 Å². The molecule has 146 valence electrons. The third-order valence-corrected chi connectivity index (χ3v) is 5.71. The van der Waals surface area contributed by atoms with Crippen molar-refractivity contribution in [3.63, 3.8) is 0 Å². The highest BCUT2D eigenvalue weighted by molar-refractivity contribution is 7.07. The van der Waals surface area contributed by atoms with Crippen LogP contribution in [0.25, 0.3) is 27.8 Å². The summed E-state index contributed by atoms with van der Waals surface area (Å²) in [6.45, 7) is 1.80. The molecule has 3 aromatic carbocycles. The predicted molar refractivity (Wildman–Crippen MR) is 121 cm³/mol. The Morgan fingerprint density at radius 3 is 2.30 bits per heavy atom. The Morgan fingerprint density at radius 2 is 1.53 bits per heavy atom. The zero-order valence-electron chi connectivity index (χ0n) is 16.3. The maximum absolute atomic E-state index is 13.1. The summed E-state index contributed by atoms with van der Waals surface area (Å²) in [6, 6.07) is 27.6. The Balaban J connectivity index is 1.81. The van der Waals surface area contributed by atoms with Gasteiger partial charge in [-0.1, -0.05) is 60.7 Å². The standard InChI is InChI=1S/C24H18N4OS/c1-17-25-21-15-9-8-14-20(21)23(29)28(17)26-24-27(19-12-6-3-7-13-19)22(16-30-24)18-10-4-2-5-11-18/h2-16H,1H3/b26-24+. The van der Waals surface area contributed by atoms with E-state index in [1.165, 1.54) is 16.0 Å². The molecule has 0 bridgehead atoms. The van der Waals surface area contributed by atoms with E-state index < -0.39 is 0 Å². The van der Waals surface area contributed by atoms with Crippen molar-refractivity contribution in [2.75, 3.05) is 0 Å². The van der Waals surface area contributed by atoms with Crippen molar-refractivity contribution < 1.29 is 0 Å². The molecule has 0 spiro atoms. The van der Waals surface area contributed by atoms with Crippen molar-refractivity contribution >= 4 is 22.2 Å². The molecule has 0 radical (unpaired) electrons. The van der Waals surface area contributed by atoms with Crippen LogP contribution in [0, 0.1) is 6.92 Å². The van der Waals surface area contributed by atoms with Crippen LogP contribution < -0.4 is 10.4 Å². The molecule has 5 aromatic rings. The highest BCUT2D eigenvalue weighted by Gasteiger charge is 2.12. The Bertz CT molecular complexity index is 1460. The molecule has 6 heteroatoms. The lowest BCUT2D eigenvalue weighted by Gasteiger charge is -2.10. The van der Waals surface area contributed by atoms with Gasteiger partial charge >= 0.3 is 0 Å². The summed E-state index contributed by atoms with van der Waals surface area (Å²) in [5.74, 6) is 0.549. The first-order valence-corrected chi connectivity index (χ1v) is 10.4. The van der Waals surface area contributed by atoms with E-state index in [0.717, 1.165) is 16.9 Å². The lowest BCUT2D eigenvalue weighted by Crippen LogP contribution is -2.25. The number of aryl methyl sites for hydroxylation is 1. The fourth-order valence-electron chi connectivity index (χ4n) is 3.46. The van der Waals surface area contributed by atoms with E-state index in [1.807, 2.05) is 66.7 Å². The number of thiazole rings is 1. The van der Waals surface area contributed by atoms with Crippen molar-refractivity contribution in [3.05, 3.63) is 111 Å². The minimum absolute atomic E-state index is 0.174. The topological polar surface area (TPSA) is 52.2 Å². The van der Waals surface area contributed by atoms with Gasteiger partial charge in [-0.05, 0) is 36.8 Å². The number of hydrogen-bond donors (Lipinski definition) is 0. The van der Waals surface area contributed by atoms with Gasteiger partial charge in [0, 0.05) is 11.1 Å². The van der Waals surface area contributed by atoms with Crippen LogP contribution in [-0.4, -0.2) is 14.2 Å². The smallest absolute Gasteiger partial charge is 0.282 e. The van der Waals surface area contributed by atoms with Crippen molar-refractivity contribution in [2.45, 2.75) is 6.92 Å². The molecule has 30 heavy (non-hydrogen) atoms. The van der Waals surface area contributed by atoms with Crippen LogP contribution in [0.5, 0.6) is 0 Å². The molecular weight excluding hydrogens is 392 g/mol. The van der Waals surface area contributed by atoms with Gasteiger partial charge < -0.3 is 0 Å². The number of fused-ring (bicyclic) bond motifs is 1. The van der Waals surface area contributed by atoms with E-state index >= 15 is 0 Å². The quantitative estimate of drug-likeness (QED) is 0.437. The van der Waals surface area contributed by atoms with Crippen LogP contribution >= 0.6 is 11.3 Å². The summed E-state index contributed by atoms with van der Waals surface area (Å²) in [6.07, 6.45) is 0. The van der Waals surface area contributed by atoms with Gasteiger partial charge in [-0.2, -0.15) is 4.68 Å². The van der Waals surface area contributed by atoms with E-state index in [2.05, 4.69) is 27.1 Å². The molecule has 0 unspecified atom stereocenters. The van der Waals surface area contributed by atoms with Crippen molar-refractivity contribution in [3.8, 4) is 16.9 Å². The van der Waals surface area contributed by atoms with Crippen LogP contribution in [0.2, 0.25) is 0 Å². The minimum Gasteiger partial charge on any atom is -0.284 e. The SMILES string of the molecule is Cc1nc2ccccc2c(=O)n1/N=c1/scc(-c2ccccc2)n1-c1ccccc1. The van der Waals surface area contributed by atoms with Crippen molar-refractivity contribution in [2.24, 2.45) is 5.10 Å². The number of aromatic nitrogens is 3. The molecule has 0 saturated carbocycles. The molecule has 0 fully saturated rings. The fraction of sp³-hybridized carbons (Fsp3) is 0.0417. The van der Waals surface area contributed by atoms with E-state index in [4.69, 9.17) is 5.10 Å². The number of para-hydroxylation sites is 2. The summed E-state index contributed by atoms with van der Waals surface area (Å²) in [7, 11) is 0. The van der Waals surface area contributed by atoms with Gasteiger partial charge in [-0.25, -0.2) is 4.98 Å². The third kappa shape index (κ3) is 3.17. The first-order chi connectivity index (χ1) is 14.7. The van der Waals surface area contributed by atoms with Gasteiger partial charge in [0.05, 0.1) is 16.6 Å². The third-order valence-electron chi connectivity index (χ3n) is 4.89. The zero-order chi connectivity index (χ0) is 20.5. The number of benzene rings is 3. The molecule has 0 saturated heterocycles. The first-order valence-electron chi connectivity index (χ1n) is 9.57.